The second-order valence-corrected chi connectivity index (χ2v) is 7.43. The first-order valence-corrected chi connectivity index (χ1v) is 10.4. The SMILES string of the molecule is COc1cc([C@H](OC[C@@H]2O[C@@H](OC)[C@H](O)[C@H]2O)[C@H](CO)Oc2ccccc2OC)ccc1O. The van der Waals surface area contributed by atoms with Crippen LogP contribution in [0.3, 0.4) is 0 Å². The summed E-state index contributed by atoms with van der Waals surface area (Å²) in [6, 6.07) is 11.6. The molecule has 1 saturated heterocycles. The van der Waals surface area contributed by atoms with Crippen molar-refractivity contribution in [2.24, 2.45) is 0 Å². The average Bonchev–Trinajstić information content (AvgIpc) is 3.12. The molecule has 0 saturated carbocycles. The minimum atomic E-state index is -1.23. The molecule has 0 spiro atoms. The van der Waals surface area contributed by atoms with Crippen LogP contribution in [0.1, 0.15) is 11.7 Å². The summed E-state index contributed by atoms with van der Waals surface area (Å²) >= 11 is 0. The van der Waals surface area contributed by atoms with Crippen LogP contribution in [0.15, 0.2) is 42.5 Å². The Hall–Kier alpha value is -2.60. The van der Waals surface area contributed by atoms with Crippen molar-refractivity contribution >= 4 is 0 Å². The Balaban J connectivity index is 1.87. The van der Waals surface area contributed by atoms with Crippen LogP contribution in [-0.2, 0) is 14.2 Å². The highest BCUT2D eigenvalue weighted by Crippen LogP contribution is 2.35. The van der Waals surface area contributed by atoms with E-state index in [1.807, 2.05) is 0 Å². The molecule has 0 unspecified atom stereocenters. The Kier molecular flexibility index (Phi) is 8.73. The minimum absolute atomic E-state index is 0.0631. The lowest BCUT2D eigenvalue weighted by Crippen LogP contribution is -2.37. The van der Waals surface area contributed by atoms with Crippen molar-refractivity contribution in [2.75, 3.05) is 34.5 Å². The topological polar surface area (TPSA) is 136 Å². The maximum atomic E-state index is 10.3. The Morgan fingerprint density at radius 3 is 2.24 bits per heavy atom. The van der Waals surface area contributed by atoms with E-state index in [4.69, 9.17) is 28.4 Å². The number of hydrogen-bond acceptors (Lipinski definition) is 10. The van der Waals surface area contributed by atoms with E-state index in [1.54, 1.807) is 36.4 Å². The van der Waals surface area contributed by atoms with Gasteiger partial charge >= 0.3 is 0 Å². The molecule has 3 rings (SSSR count). The van der Waals surface area contributed by atoms with Crippen molar-refractivity contribution in [3.63, 3.8) is 0 Å². The van der Waals surface area contributed by atoms with E-state index in [2.05, 4.69) is 0 Å². The molecule has 2 aromatic carbocycles. The molecular formula is C23H30O10. The fourth-order valence-electron chi connectivity index (χ4n) is 3.61. The van der Waals surface area contributed by atoms with E-state index in [1.165, 1.54) is 27.4 Å². The number of rotatable bonds is 11. The van der Waals surface area contributed by atoms with Gasteiger partial charge in [-0.1, -0.05) is 18.2 Å². The summed E-state index contributed by atoms with van der Waals surface area (Å²) in [6.45, 7) is -0.568. The Labute approximate surface area is 191 Å². The first kappa shape index (κ1) is 25.0. The van der Waals surface area contributed by atoms with Crippen LogP contribution in [0, 0.1) is 0 Å². The Bertz CT molecular complexity index is 891. The average molecular weight is 466 g/mol. The predicted octanol–water partition coefficient (Wildman–Crippen LogP) is 1.00. The van der Waals surface area contributed by atoms with Gasteiger partial charge in [-0.15, -0.1) is 0 Å². The second kappa shape index (κ2) is 11.5. The van der Waals surface area contributed by atoms with Gasteiger partial charge in [0, 0.05) is 7.11 Å². The first-order valence-electron chi connectivity index (χ1n) is 10.4. The van der Waals surface area contributed by atoms with Crippen LogP contribution in [0.2, 0.25) is 0 Å². The van der Waals surface area contributed by atoms with Crippen LogP contribution < -0.4 is 14.2 Å². The van der Waals surface area contributed by atoms with Crippen molar-refractivity contribution in [3.05, 3.63) is 48.0 Å². The Morgan fingerprint density at radius 2 is 1.64 bits per heavy atom. The minimum Gasteiger partial charge on any atom is -0.504 e. The third-order valence-corrected chi connectivity index (χ3v) is 5.39. The van der Waals surface area contributed by atoms with Crippen molar-refractivity contribution in [3.8, 4) is 23.0 Å². The van der Waals surface area contributed by atoms with E-state index < -0.39 is 43.4 Å². The summed E-state index contributed by atoms with van der Waals surface area (Å²) in [6.07, 6.45) is -6.10. The number of phenolic OH excluding ortho intramolecular Hbond substituents is 1. The molecule has 1 aliphatic rings. The zero-order valence-electron chi connectivity index (χ0n) is 18.7. The number of ether oxygens (including phenoxy) is 6. The van der Waals surface area contributed by atoms with Gasteiger partial charge in [0.05, 0.1) is 27.4 Å². The Morgan fingerprint density at radius 1 is 0.939 bits per heavy atom. The van der Waals surface area contributed by atoms with E-state index in [0.717, 1.165) is 0 Å². The van der Waals surface area contributed by atoms with Gasteiger partial charge in [-0.3, -0.25) is 0 Å². The summed E-state index contributed by atoms with van der Waals surface area (Å²) in [5.74, 6) is 1.01. The van der Waals surface area contributed by atoms with Crippen molar-refractivity contribution in [1.82, 2.24) is 0 Å². The molecule has 33 heavy (non-hydrogen) atoms. The van der Waals surface area contributed by atoms with Gasteiger partial charge in [0.2, 0.25) is 0 Å². The van der Waals surface area contributed by atoms with E-state index in [-0.39, 0.29) is 18.1 Å². The summed E-state index contributed by atoms with van der Waals surface area (Å²) in [7, 11) is 4.28. The van der Waals surface area contributed by atoms with Crippen LogP contribution in [0.25, 0.3) is 0 Å². The summed E-state index contributed by atoms with van der Waals surface area (Å²) < 4.78 is 33.1. The molecule has 10 heteroatoms. The number of benzene rings is 2. The molecule has 1 heterocycles. The van der Waals surface area contributed by atoms with Gasteiger partial charge in [0.15, 0.2) is 35.4 Å². The maximum Gasteiger partial charge on any atom is 0.186 e. The molecule has 0 amide bonds. The lowest BCUT2D eigenvalue weighted by molar-refractivity contribution is -0.163. The van der Waals surface area contributed by atoms with Crippen LogP contribution in [0.5, 0.6) is 23.0 Å². The van der Waals surface area contributed by atoms with Crippen molar-refractivity contribution < 1.29 is 48.8 Å². The van der Waals surface area contributed by atoms with Gasteiger partial charge in [-0.25, -0.2) is 0 Å². The lowest BCUT2D eigenvalue weighted by Gasteiger charge is -2.29. The predicted molar refractivity (Wildman–Crippen MR) is 116 cm³/mol. The molecule has 2 aromatic rings. The van der Waals surface area contributed by atoms with E-state index >= 15 is 0 Å². The maximum absolute atomic E-state index is 10.3. The molecule has 6 atom stereocenters. The molecular weight excluding hydrogens is 436 g/mol. The summed E-state index contributed by atoms with van der Waals surface area (Å²) in [4.78, 5) is 0. The third-order valence-electron chi connectivity index (χ3n) is 5.39. The number of aliphatic hydroxyl groups is 3. The quantitative estimate of drug-likeness (QED) is 0.380. The van der Waals surface area contributed by atoms with Gasteiger partial charge in [0.25, 0.3) is 0 Å². The molecule has 0 bridgehead atoms. The third kappa shape index (κ3) is 5.67. The molecule has 0 aliphatic carbocycles. The summed E-state index contributed by atoms with van der Waals surface area (Å²) in [5.41, 5.74) is 0.537. The number of aliphatic hydroxyl groups excluding tert-OH is 3. The van der Waals surface area contributed by atoms with Crippen LogP contribution >= 0.6 is 0 Å². The monoisotopic (exact) mass is 466 g/mol. The molecule has 1 aliphatic heterocycles. The largest absolute Gasteiger partial charge is 0.504 e. The fourth-order valence-corrected chi connectivity index (χ4v) is 3.61. The highest BCUT2D eigenvalue weighted by atomic mass is 16.7. The van der Waals surface area contributed by atoms with E-state index in [9.17, 15) is 20.4 Å². The number of aromatic hydroxyl groups is 1. The normalized spacial score (nSPS) is 24.3. The lowest BCUT2D eigenvalue weighted by atomic mass is 10.0. The molecule has 1 fully saturated rings. The van der Waals surface area contributed by atoms with Gasteiger partial charge < -0.3 is 48.8 Å². The molecule has 182 valence electrons. The number of hydrogen-bond donors (Lipinski definition) is 4. The van der Waals surface area contributed by atoms with Crippen molar-refractivity contribution in [1.29, 1.82) is 0 Å². The molecule has 0 aromatic heterocycles. The smallest absolute Gasteiger partial charge is 0.186 e. The zero-order valence-corrected chi connectivity index (χ0v) is 18.7. The zero-order chi connectivity index (χ0) is 24.0. The van der Waals surface area contributed by atoms with Gasteiger partial charge in [-0.2, -0.15) is 0 Å². The van der Waals surface area contributed by atoms with Gasteiger partial charge in [-0.05, 0) is 29.8 Å². The number of methoxy groups -OCH3 is 3. The first-order chi connectivity index (χ1) is 15.9. The highest BCUT2D eigenvalue weighted by molar-refractivity contribution is 5.43. The molecule has 4 N–H and O–H groups in total. The standard InChI is InChI=1S/C23H30O10/c1-28-15-6-4-5-7-16(15)32-18(11-24)22(13-8-9-14(25)17(10-13)29-2)31-12-19-20(26)21(27)23(30-3)33-19/h4-10,18-27H,11-12H2,1-3H3/t18-,19-,20-,21+,22-,23+/m0/s1. The summed E-state index contributed by atoms with van der Waals surface area (Å²) in [5, 5.41) is 40.5. The van der Waals surface area contributed by atoms with Gasteiger partial charge in [0.1, 0.15) is 24.4 Å². The molecule has 10 nitrogen and oxygen atoms in total. The van der Waals surface area contributed by atoms with Crippen LogP contribution in [-0.4, -0.2) is 85.7 Å². The highest BCUT2D eigenvalue weighted by Gasteiger charge is 2.43. The number of phenols is 1. The number of para-hydroxylation sites is 2. The van der Waals surface area contributed by atoms with Crippen LogP contribution in [0.4, 0.5) is 0 Å². The fraction of sp³-hybridized carbons (Fsp3) is 0.478. The van der Waals surface area contributed by atoms with E-state index in [0.29, 0.717) is 17.1 Å². The second-order valence-electron chi connectivity index (χ2n) is 7.43. The van der Waals surface area contributed by atoms with Crippen molar-refractivity contribution in [2.45, 2.75) is 36.8 Å². The molecule has 0 radical (unpaired) electrons.